The van der Waals surface area contributed by atoms with Gasteiger partial charge in [-0.05, 0) is 55.8 Å². The predicted molar refractivity (Wildman–Crippen MR) is 116 cm³/mol. The minimum atomic E-state index is 0.0377. The number of amides is 1. The lowest BCUT2D eigenvalue weighted by Crippen LogP contribution is -2.46. The summed E-state index contributed by atoms with van der Waals surface area (Å²) >= 11 is 1.58. The summed E-state index contributed by atoms with van der Waals surface area (Å²) < 4.78 is 0. The fourth-order valence-electron chi connectivity index (χ4n) is 3.36. The van der Waals surface area contributed by atoms with Crippen molar-refractivity contribution in [2.75, 3.05) is 48.7 Å². The highest BCUT2D eigenvalue weighted by molar-refractivity contribution is 8.00. The normalized spacial score (nSPS) is 15.0. The number of piperazine rings is 1. The maximum atomic E-state index is 12.4. The molecular weight excluding hydrogens is 354 g/mol. The Morgan fingerprint density at radius 1 is 1.04 bits per heavy atom. The average Bonchev–Trinajstić information content (AvgIpc) is 2.69. The molecule has 144 valence electrons. The Hall–Kier alpha value is -1.98. The van der Waals surface area contributed by atoms with Crippen molar-refractivity contribution in [3.8, 4) is 0 Å². The lowest BCUT2D eigenvalue weighted by molar-refractivity contribution is -0.113. The molecule has 0 atom stereocenters. The van der Waals surface area contributed by atoms with Gasteiger partial charge in [0.25, 0.3) is 0 Å². The van der Waals surface area contributed by atoms with Gasteiger partial charge in [-0.2, -0.15) is 0 Å². The van der Waals surface area contributed by atoms with Crippen LogP contribution in [0.1, 0.15) is 18.1 Å². The molecule has 1 heterocycles. The highest BCUT2D eigenvalue weighted by Crippen LogP contribution is 2.25. The van der Waals surface area contributed by atoms with Crippen molar-refractivity contribution in [1.29, 1.82) is 0 Å². The van der Waals surface area contributed by atoms with Crippen molar-refractivity contribution < 1.29 is 4.79 Å². The van der Waals surface area contributed by atoms with Crippen LogP contribution >= 0.6 is 11.8 Å². The van der Waals surface area contributed by atoms with Crippen molar-refractivity contribution in [2.45, 2.75) is 25.7 Å². The van der Waals surface area contributed by atoms with Crippen LogP contribution in [0.4, 0.5) is 11.4 Å². The van der Waals surface area contributed by atoms with Gasteiger partial charge in [-0.25, -0.2) is 0 Å². The zero-order chi connectivity index (χ0) is 19.2. The lowest BCUT2D eigenvalue weighted by atomic mass is 10.1. The van der Waals surface area contributed by atoms with Gasteiger partial charge >= 0.3 is 0 Å². The summed E-state index contributed by atoms with van der Waals surface area (Å²) in [5.74, 6) is 0.459. The van der Waals surface area contributed by atoms with Gasteiger partial charge < -0.3 is 15.1 Å². The molecule has 0 radical (unpaired) electrons. The molecule has 0 aromatic heterocycles. The molecule has 27 heavy (non-hydrogen) atoms. The number of benzene rings is 2. The highest BCUT2D eigenvalue weighted by Gasteiger charge is 2.16. The van der Waals surface area contributed by atoms with Crippen LogP contribution < -0.4 is 10.2 Å². The van der Waals surface area contributed by atoms with Gasteiger partial charge in [-0.15, -0.1) is 11.8 Å². The minimum Gasteiger partial charge on any atom is -0.369 e. The lowest BCUT2D eigenvalue weighted by Gasteiger charge is -2.35. The molecule has 0 saturated carbocycles. The summed E-state index contributed by atoms with van der Waals surface area (Å²) in [6, 6.07) is 14.5. The Balaban J connectivity index is 1.56. The SMILES string of the molecule is CCN1CCN(c2ccc(NC(=O)CSc3ccccc3C)c(C)c2)CC1. The van der Waals surface area contributed by atoms with E-state index in [1.165, 1.54) is 11.3 Å². The zero-order valence-electron chi connectivity index (χ0n) is 16.5. The van der Waals surface area contributed by atoms with Crippen LogP contribution in [0.5, 0.6) is 0 Å². The molecular formula is C22H29N3OS. The molecule has 1 amide bonds. The second-order valence-corrected chi connectivity index (χ2v) is 8.04. The fourth-order valence-corrected chi connectivity index (χ4v) is 4.18. The Bertz CT molecular complexity index is 785. The summed E-state index contributed by atoms with van der Waals surface area (Å²) in [4.78, 5) is 18.4. The topological polar surface area (TPSA) is 35.6 Å². The van der Waals surface area contributed by atoms with Gasteiger partial charge in [0.05, 0.1) is 5.75 Å². The van der Waals surface area contributed by atoms with E-state index in [1.807, 2.05) is 18.2 Å². The van der Waals surface area contributed by atoms with Crippen molar-refractivity contribution in [2.24, 2.45) is 0 Å². The number of hydrogen-bond donors (Lipinski definition) is 1. The number of nitrogens with zero attached hydrogens (tertiary/aromatic N) is 2. The number of thioether (sulfide) groups is 1. The summed E-state index contributed by atoms with van der Waals surface area (Å²) in [6.45, 7) is 11.8. The molecule has 5 heteroatoms. The fraction of sp³-hybridized carbons (Fsp3) is 0.409. The molecule has 1 aliphatic heterocycles. The van der Waals surface area contributed by atoms with Crippen molar-refractivity contribution in [3.63, 3.8) is 0 Å². The Morgan fingerprint density at radius 3 is 2.44 bits per heavy atom. The molecule has 2 aromatic carbocycles. The molecule has 1 fully saturated rings. The van der Waals surface area contributed by atoms with Crippen molar-refractivity contribution in [1.82, 2.24) is 4.90 Å². The number of aryl methyl sites for hydroxylation is 2. The first-order valence-corrected chi connectivity index (χ1v) is 10.6. The maximum Gasteiger partial charge on any atom is 0.234 e. The quantitative estimate of drug-likeness (QED) is 0.759. The third kappa shape index (κ3) is 5.27. The van der Waals surface area contributed by atoms with E-state index in [-0.39, 0.29) is 5.91 Å². The molecule has 1 saturated heterocycles. The first-order valence-electron chi connectivity index (χ1n) is 9.63. The van der Waals surface area contributed by atoms with E-state index in [9.17, 15) is 4.79 Å². The van der Waals surface area contributed by atoms with Gasteiger partial charge in [0.2, 0.25) is 5.91 Å². The van der Waals surface area contributed by atoms with Crippen LogP contribution in [-0.2, 0) is 4.79 Å². The Labute approximate surface area is 166 Å². The molecule has 1 aliphatic rings. The number of rotatable bonds is 6. The largest absolute Gasteiger partial charge is 0.369 e. The van der Waals surface area contributed by atoms with Gasteiger partial charge in [0.15, 0.2) is 0 Å². The van der Waals surface area contributed by atoms with Crippen LogP contribution in [0.3, 0.4) is 0 Å². The molecule has 0 bridgehead atoms. The first kappa shape index (κ1) is 19.8. The number of carbonyl (C=O) groups is 1. The number of likely N-dealkylation sites (N-methyl/N-ethyl adjacent to an activating group) is 1. The van der Waals surface area contributed by atoms with Crippen LogP contribution in [0.25, 0.3) is 0 Å². The van der Waals surface area contributed by atoms with E-state index >= 15 is 0 Å². The smallest absolute Gasteiger partial charge is 0.234 e. The van der Waals surface area contributed by atoms with Gasteiger partial charge in [0.1, 0.15) is 0 Å². The van der Waals surface area contributed by atoms with E-state index in [1.54, 1.807) is 11.8 Å². The van der Waals surface area contributed by atoms with E-state index in [4.69, 9.17) is 0 Å². The Kier molecular flexibility index (Phi) is 6.80. The number of nitrogens with one attached hydrogen (secondary N) is 1. The third-order valence-corrected chi connectivity index (χ3v) is 6.30. The summed E-state index contributed by atoms with van der Waals surface area (Å²) in [5.41, 5.74) is 4.47. The number of hydrogen-bond acceptors (Lipinski definition) is 4. The van der Waals surface area contributed by atoms with Gasteiger partial charge in [-0.3, -0.25) is 4.79 Å². The monoisotopic (exact) mass is 383 g/mol. The van der Waals surface area contributed by atoms with E-state index in [0.29, 0.717) is 5.75 Å². The average molecular weight is 384 g/mol. The van der Waals surface area contributed by atoms with Gasteiger partial charge in [-0.1, -0.05) is 25.1 Å². The molecule has 0 spiro atoms. The second kappa shape index (κ2) is 9.29. The predicted octanol–water partition coefficient (Wildman–Crippen LogP) is 4.18. The van der Waals surface area contributed by atoms with Crippen LogP contribution in [0.2, 0.25) is 0 Å². The van der Waals surface area contributed by atoms with E-state index in [2.05, 4.69) is 60.2 Å². The third-order valence-electron chi connectivity index (χ3n) is 5.12. The van der Waals surface area contributed by atoms with Crippen LogP contribution in [0, 0.1) is 13.8 Å². The van der Waals surface area contributed by atoms with E-state index in [0.717, 1.165) is 48.9 Å². The Morgan fingerprint density at radius 2 is 1.78 bits per heavy atom. The molecule has 3 rings (SSSR count). The molecule has 0 unspecified atom stereocenters. The summed E-state index contributed by atoms with van der Waals surface area (Å²) in [7, 11) is 0. The zero-order valence-corrected chi connectivity index (χ0v) is 17.3. The van der Waals surface area contributed by atoms with Crippen molar-refractivity contribution >= 4 is 29.0 Å². The standard InChI is InChI=1S/C22H29N3OS/c1-4-24-11-13-25(14-12-24)19-9-10-20(18(3)15-19)23-22(26)16-27-21-8-6-5-7-17(21)2/h5-10,15H,4,11-14,16H2,1-3H3,(H,23,26). The minimum absolute atomic E-state index is 0.0377. The molecule has 2 aromatic rings. The van der Waals surface area contributed by atoms with Crippen LogP contribution in [0.15, 0.2) is 47.4 Å². The maximum absolute atomic E-state index is 12.4. The first-order chi connectivity index (χ1) is 13.1. The number of anilines is 2. The molecule has 4 nitrogen and oxygen atoms in total. The number of carbonyl (C=O) groups excluding carboxylic acids is 1. The molecule has 1 N–H and O–H groups in total. The van der Waals surface area contributed by atoms with E-state index < -0.39 is 0 Å². The van der Waals surface area contributed by atoms with Crippen molar-refractivity contribution in [3.05, 3.63) is 53.6 Å². The van der Waals surface area contributed by atoms with Gasteiger partial charge in [0, 0.05) is 42.4 Å². The summed E-state index contributed by atoms with van der Waals surface area (Å²) in [5, 5.41) is 3.06. The van der Waals surface area contributed by atoms with Crippen LogP contribution in [-0.4, -0.2) is 49.3 Å². The summed E-state index contributed by atoms with van der Waals surface area (Å²) in [6.07, 6.45) is 0. The highest BCUT2D eigenvalue weighted by atomic mass is 32.2. The molecule has 0 aliphatic carbocycles. The second-order valence-electron chi connectivity index (χ2n) is 7.02.